The fraction of sp³-hybridized carbons (Fsp3) is 0.714. The average molecular weight is 504 g/mol. The number of thiocarbonyl (C=S) groups is 1. The average Bonchev–Trinajstić information content (AvgIpc) is 2.97. The normalized spacial score (nSPS) is 38.0. The first-order valence-electron chi connectivity index (χ1n) is 13.4. The fourth-order valence-corrected chi connectivity index (χ4v) is 8.69. The maximum atomic E-state index is 13.7. The van der Waals surface area contributed by atoms with Gasteiger partial charge in [0, 0.05) is 11.1 Å². The Morgan fingerprint density at radius 3 is 2.11 bits per heavy atom. The molecule has 0 amide bonds. The van der Waals surface area contributed by atoms with Crippen LogP contribution in [0.1, 0.15) is 77.2 Å². The Balaban J connectivity index is 1.48. The number of alkyl halides is 3. The predicted octanol–water partition coefficient (Wildman–Crippen LogP) is 7.10. The van der Waals surface area contributed by atoms with Gasteiger partial charge in [-0.05, 0) is 100 Å². The minimum absolute atomic E-state index is 0.00199. The second-order valence-electron chi connectivity index (χ2n) is 12.5. The van der Waals surface area contributed by atoms with E-state index < -0.39 is 11.7 Å². The van der Waals surface area contributed by atoms with Crippen molar-refractivity contribution in [2.45, 2.75) is 89.4 Å². The molecule has 2 aliphatic heterocycles. The lowest BCUT2D eigenvalue weighted by Gasteiger charge is -2.55. The monoisotopic (exact) mass is 503 g/mol. The second kappa shape index (κ2) is 8.27. The number of amidine groups is 1. The minimum atomic E-state index is -4.39. The van der Waals surface area contributed by atoms with Crippen molar-refractivity contribution in [3.8, 4) is 0 Å². The van der Waals surface area contributed by atoms with Crippen LogP contribution in [0.25, 0.3) is 0 Å². The van der Waals surface area contributed by atoms with E-state index in [1.165, 1.54) is 37.8 Å². The zero-order valence-electron chi connectivity index (χ0n) is 20.8. The number of hydrogen-bond donors (Lipinski definition) is 0. The van der Waals surface area contributed by atoms with Crippen LogP contribution in [0, 0.1) is 23.2 Å². The molecule has 190 valence electrons. The van der Waals surface area contributed by atoms with Gasteiger partial charge in [-0.15, -0.1) is 0 Å². The summed E-state index contributed by atoms with van der Waals surface area (Å²) in [6.45, 7) is 6.31. The lowest BCUT2D eigenvalue weighted by Crippen LogP contribution is -2.53. The summed E-state index contributed by atoms with van der Waals surface area (Å²) >= 11 is 6.07. The van der Waals surface area contributed by atoms with Gasteiger partial charge in [-0.2, -0.15) is 13.2 Å². The zero-order valence-corrected chi connectivity index (χ0v) is 21.6. The van der Waals surface area contributed by atoms with Crippen LogP contribution in [0.3, 0.4) is 0 Å². The van der Waals surface area contributed by atoms with Crippen LogP contribution in [0.2, 0.25) is 0 Å². The topological polar surface area (TPSA) is 18.8 Å². The van der Waals surface area contributed by atoms with Crippen molar-refractivity contribution < 1.29 is 13.2 Å². The summed E-state index contributed by atoms with van der Waals surface area (Å²) in [4.78, 5) is 10.8. The van der Waals surface area contributed by atoms with E-state index >= 15 is 0 Å². The Kier molecular flexibility index (Phi) is 5.65. The molecule has 7 rings (SSSR count). The Hall–Kier alpha value is -1.47. The predicted molar refractivity (Wildman–Crippen MR) is 138 cm³/mol. The first kappa shape index (κ1) is 23.9. The molecule has 2 heterocycles. The maximum Gasteiger partial charge on any atom is 0.416 e. The molecule has 1 aromatic carbocycles. The SMILES string of the molecule is CC1(C)C(=S)N(c2cccc(C(F)(F)F)c2)C(=NC23CC4CC(CC(C4)C2)C3)C1N1CCCCC1. The number of rotatable bonds is 3. The molecule has 0 aromatic heterocycles. The highest BCUT2D eigenvalue weighted by molar-refractivity contribution is 7.80. The van der Waals surface area contributed by atoms with Crippen molar-refractivity contribution in [3.63, 3.8) is 0 Å². The van der Waals surface area contributed by atoms with Crippen molar-refractivity contribution in [1.82, 2.24) is 4.90 Å². The van der Waals surface area contributed by atoms with Crippen LogP contribution in [0.5, 0.6) is 0 Å². The van der Waals surface area contributed by atoms with Crippen LogP contribution in [-0.2, 0) is 6.18 Å². The van der Waals surface area contributed by atoms with E-state index in [1.54, 1.807) is 6.07 Å². The molecule has 1 aromatic rings. The third-order valence-electron chi connectivity index (χ3n) is 9.46. The van der Waals surface area contributed by atoms with Crippen LogP contribution in [-0.4, -0.2) is 40.4 Å². The Bertz CT molecular complexity index is 1000. The Labute approximate surface area is 212 Å². The van der Waals surface area contributed by atoms with Crippen LogP contribution in [0.4, 0.5) is 18.9 Å². The number of hydrogen-bond acceptors (Lipinski definition) is 3. The molecule has 0 radical (unpaired) electrons. The van der Waals surface area contributed by atoms with E-state index in [-0.39, 0.29) is 17.0 Å². The third-order valence-corrected chi connectivity index (χ3v) is 10.2. The lowest BCUT2D eigenvalue weighted by atomic mass is 9.53. The van der Waals surface area contributed by atoms with E-state index in [1.807, 2.05) is 4.90 Å². The molecule has 4 bridgehead atoms. The van der Waals surface area contributed by atoms with Gasteiger partial charge in [-0.25, -0.2) is 0 Å². The van der Waals surface area contributed by atoms with Crippen molar-refractivity contribution in [1.29, 1.82) is 0 Å². The molecule has 7 heteroatoms. The van der Waals surface area contributed by atoms with Crippen molar-refractivity contribution in [2.75, 3.05) is 18.0 Å². The van der Waals surface area contributed by atoms with E-state index in [9.17, 15) is 13.2 Å². The third kappa shape index (κ3) is 4.05. The largest absolute Gasteiger partial charge is 0.416 e. The van der Waals surface area contributed by atoms with E-state index in [0.29, 0.717) is 10.7 Å². The van der Waals surface area contributed by atoms with Crippen molar-refractivity contribution in [3.05, 3.63) is 29.8 Å². The zero-order chi connectivity index (χ0) is 24.6. The highest BCUT2D eigenvalue weighted by Crippen LogP contribution is 2.58. The number of anilines is 1. The maximum absolute atomic E-state index is 13.7. The molecular weight excluding hydrogens is 467 g/mol. The summed E-state index contributed by atoms with van der Waals surface area (Å²) in [7, 11) is 0. The second-order valence-corrected chi connectivity index (χ2v) is 12.9. The number of nitrogens with zero attached hydrogens (tertiary/aromatic N) is 3. The summed E-state index contributed by atoms with van der Waals surface area (Å²) in [5.74, 6) is 3.16. The van der Waals surface area contributed by atoms with Crippen molar-refractivity contribution in [2.24, 2.45) is 28.2 Å². The highest BCUT2D eigenvalue weighted by Gasteiger charge is 2.56. The molecule has 2 saturated heterocycles. The molecule has 3 nitrogen and oxygen atoms in total. The number of benzene rings is 1. The van der Waals surface area contributed by atoms with Crippen LogP contribution < -0.4 is 4.90 Å². The molecule has 6 fully saturated rings. The van der Waals surface area contributed by atoms with E-state index in [2.05, 4.69) is 18.7 Å². The number of halogens is 3. The van der Waals surface area contributed by atoms with E-state index in [0.717, 1.165) is 74.8 Å². The molecule has 1 unspecified atom stereocenters. The summed E-state index contributed by atoms with van der Waals surface area (Å²) in [5.41, 5.74) is -0.595. The number of piperidine rings is 1. The van der Waals surface area contributed by atoms with Gasteiger partial charge in [0.25, 0.3) is 0 Å². The molecule has 35 heavy (non-hydrogen) atoms. The standard InChI is InChI=1S/C28H36F3N3S/c1-26(2)23(33-9-4-3-5-10-33)24(32-27-15-18-11-19(16-27)13-20(12-18)17-27)34(25(26)35)22-8-6-7-21(14-22)28(29,30)31/h6-8,14,18-20,23H,3-5,9-13,15-17H2,1-2H3. The first-order chi connectivity index (χ1) is 16.6. The smallest absolute Gasteiger partial charge is 0.293 e. The lowest BCUT2D eigenvalue weighted by molar-refractivity contribution is -0.137. The van der Waals surface area contributed by atoms with Gasteiger partial charge in [0.05, 0.1) is 22.1 Å². The summed E-state index contributed by atoms with van der Waals surface area (Å²) in [6, 6.07) is 5.68. The van der Waals surface area contributed by atoms with E-state index in [4.69, 9.17) is 17.2 Å². The first-order valence-corrected chi connectivity index (χ1v) is 13.8. The number of aliphatic imine (C=N–C) groups is 1. The van der Waals surface area contributed by atoms with Gasteiger partial charge in [-0.3, -0.25) is 14.8 Å². The van der Waals surface area contributed by atoms with Gasteiger partial charge in [0.1, 0.15) is 5.84 Å². The fourth-order valence-electron chi connectivity index (χ4n) is 8.38. The quantitative estimate of drug-likeness (QED) is 0.410. The summed E-state index contributed by atoms with van der Waals surface area (Å²) in [6.07, 6.45) is 6.50. The minimum Gasteiger partial charge on any atom is -0.293 e. The molecule has 0 spiro atoms. The van der Waals surface area contributed by atoms with Gasteiger partial charge >= 0.3 is 6.18 Å². The molecule has 0 N–H and O–H groups in total. The number of likely N-dealkylation sites (tertiary alicyclic amines) is 1. The van der Waals surface area contributed by atoms with Crippen LogP contribution in [0.15, 0.2) is 29.3 Å². The molecule has 1 atom stereocenters. The van der Waals surface area contributed by atoms with Gasteiger partial charge < -0.3 is 0 Å². The summed E-state index contributed by atoms with van der Waals surface area (Å²) in [5, 5.41) is 0. The Morgan fingerprint density at radius 2 is 1.54 bits per heavy atom. The van der Waals surface area contributed by atoms with Gasteiger partial charge in [0.15, 0.2) is 0 Å². The van der Waals surface area contributed by atoms with Crippen LogP contribution >= 0.6 is 12.2 Å². The van der Waals surface area contributed by atoms with Gasteiger partial charge in [-0.1, -0.05) is 38.6 Å². The molecule has 6 aliphatic rings. The molecule has 4 aliphatic carbocycles. The molecule has 4 saturated carbocycles. The summed E-state index contributed by atoms with van der Waals surface area (Å²) < 4.78 is 41.0. The van der Waals surface area contributed by atoms with Gasteiger partial charge in [0.2, 0.25) is 0 Å². The highest BCUT2D eigenvalue weighted by atomic mass is 32.1. The van der Waals surface area contributed by atoms with Crippen molar-refractivity contribution >= 4 is 28.7 Å². The molecular formula is C28H36F3N3S. The Morgan fingerprint density at radius 1 is 0.943 bits per heavy atom.